The second kappa shape index (κ2) is 7.53. The quantitative estimate of drug-likeness (QED) is 0.558. The number of nitro groups is 1. The van der Waals surface area contributed by atoms with Gasteiger partial charge in [0, 0.05) is 0 Å². The Bertz CT molecular complexity index is 758. The third-order valence-corrected chi connectivity index (χ3v) is 2.95. The minimum absolute atomic E-state index is 0.0108. The lowest BCUT2D eigenvalue weighted by Crippen LogP contribution is -2.04. The van der Waals surface area contributed by atoms with Crippen LogP contribution in [0.3, 0.4) is 0 Å². The second-order valence-corrected chi connectivity index (χ2v) is 4.59. The third-order valence-electron chi connectivity index (χ3n) is 2.95. The molecule has 0 saturated carbocycles. The molecule has 0 fully saturated rings. The maximum Gasteiger partial charge on any atom is 0.387 e. The van der Waals surface area contributed by atoms with Crippen LogP contribution in [0.1, 0.15) is 23.9 Å². The molecular weight excluding hydrogens is 326 g/mol. The van der Waals surface area contributed by atoms with E-state index in [0.29, 0.717) is 5.56 Å². The van der Waals surface area contributed by atoms with Gasteiger partial charge in [-0.25, -0.2) is 0 Å². The number of aryl methyl sites for hydroxylation is 1. The van der Waals surface area contributed by atoms with Gasteiger partial charge in [0.2, 0.25) is 5.76 Å². The summed E-state index contributed by atoms with van der Waals surface area (Å²) in [6.45, 7) is 0.461. The highest BCUT2D eigenvalue weighted by molar-refractivity contribution is 5.72. The van der Waals surface area contributed by atoms with E-state index in [-0.39, 0.29) is 35.2 Å². The zero-order valence-corrected chi connectivity index (χ0v) is 12.9. The molecule has 0 aliphatic carbocycles. The van der Waals surface area contributed by atoms with Gasteiger partial charge in [-0.15, -0.1) is 0 Å². The highest BCUT2D eigenvalue weighted by Gasteiger charge is 2.22. The number of hydrogen-bond acceptors (Lipinski definition) is 6. The fraction of sp³-hybridized carbons (Fsp3) is 0.267. The standard InChI is InChI=1S/C15H14F2N2O5/c1-3-22-13-8-10(4-6-11(13)23-15(16)17)5-7-12-14(19(20)21)9(2)18-24-12/h4-8,15H,3H2,1-2H3/b7-5+. The van der Waals surface area contributed by atoms with Crippen molar-refractivity contribution in [2.24, 2.45) is 0 Å². The van der Waals surface area contributed by atoms with E-state index in [0.717, 1.165) is 0 Å². The van der Waals surface area contributed by atoms with E-state index in [1.165, 1.54) is 37.3 Å². The van der Waals surface area contributed by atoms with E-state index in [9.17, 15) is 18.9 Å². The molecule has 1 aromatic heterocycles. The van der Waals surface area contributed by atoms with Gasteiger partial charge in [0.15, 0.2) is 17.2 Å². The Morgan fingerprint density at radius 3 is 2.75 bits per heavy atom. The van der Waals surface area contributed by atoms with Crippen LogP contribution in [0.15, 0.2) is 22.7 Å². The fourth-order valence-electron chi connectivity index (χ4n) is 1.98. The van der Waals surface area contributed by atoms with E-state index in [1.807, 2.05) is 0 Å². The van der Waals surface area contributed by atoms with Crippen molar-refractivity contribution in [2.75, 3.05) is 6.61 Å². The first-order valence-electron chi connectivity index (χ1n) is 6.92. The molecule has 0 unspecified atom stereocenters. The maximum absolute atomic E-state index is 12.4. The van der Waals surface area contributed by atoms with Crippen molar-refractivity contribution in [1.29, 1.82) is 0 Å². The molecule has 0 aliphatic heterocycles. The second-order valence-electron chi connectivity index (χ2n) is 4.59. The predicted octanol–water partition coefficient (Wildman–Crippen LogP) is 4.06. The average molecular weight is 340 g/mol. The first kappa shape index (κ1) is 17.4. The summed E-state index contributed by atoms with van der Waals surface area (Å²) in [4.78, 5) is 10.4. The molecule has 0 saturated heterocycles. The molecule has 0 amide bonds. The van der Waals surface area contributed by atoms with Gasteiger partial charge >= 0.3 is 12.3 Å². The van der Waals surface area contributed by atoms with Crippen LogP contribution >= 0.6 is 0 Å². The van der Waals surface area contributed by atoms with Crippen molar-refractivity contribution < 1.29 is 27.7 Å². The molecule has 0 radical (unpaired) electrons. The Morgan fingerprint density at radius 2 is 2.12 bits per heavy atom. The molecule has 2 aromatic rings. The average Bonchev–Trinajstić information content (AvgIpc) is 2.88. The monoisotopic (exact) mass is 340 g/mol. The summed E-state index contributed by atoms with van der Waals surface area (Å²) in [7, 11) is 0. The molecule has 2 rings (SSSR count). The summed E-state index contributed by atoms with van der Waals surface area (Å²) in [6.07, 6.45) is 2.89. The van der Waals surface area contributed by atoms with Crippen molar-refractivity contribution in [3.8, 4) is 11.5 Å². The molecule has 0 N–H and O–H groups in total. The van der Waals surface area contributed by atoms with Gasteiger partial charge in [-0.2, -0.15) is 8.78 Å². The molecule has 0 bridgehead atoms. The minimum atomic E-state index is -2.97. The number of ether oxygens (including phenoxy) is 2. The van der Waals surface area contributed by atoms with E-state index in [4.69, 9.17) is 9.26 Å². The maximum atomic E-state index is 12.4. The Balaban J connectivity index is 2.29. The largest absolute Gasteiger partial charge is 0.490 e. The van der Waals surface area contributed by atoms with E-state index >= 15 is 0 Å². The summed E-state index contributed by atoms with van der Waals surface area (Å²) >= 11 is 0. The summed E-state index contributed by atoms with van der Waals surface area (Å²) in [5, 5.41) is 14.5. The summed E-state index contributed by atoms with van der Waals surface area (Å²) in [5.41, 5.74) is 0.493. The van der Waals surface area contributed by atoms with Crippen molar-refractivity contribution in [3.05, 3.63) is 45.3 Å². The summed E-state index contributed by atoms with van der Waals surface area (Å²) < 4.78 is 39.2. The first-order valence-corrected chi connectivity index (χ1v) is 6.92. The van der Waals surface area contributed by atoms with Gasteiger partial charge < -0.3 is 14.0 Å². The van der Waals surface area contributed by atoms with Crippen molar-refractivity contribution in [1.82, 2.24) is 5.16 Å². The van der Waals surface area contributed by atoms with Crippen LogP contribution < -0.4 is 9.47 Å². The van der Waals surface area contributed by atoms with Crippen molar-refractivity contribution >= 4 is 17.8 Å². The molecule has 0 atom stereocenters. The van der Waals surface area contributed by atoms with Gasteiger partial charge in [-0.05, 0) is 37.6 Å². The Hall–Kier alpha value is -2.97. The predicted molar refractivity (Wildman–Crippen MR) is 81.1 cm³/mol. The summed E-state index contributed by atoms with van der Waals surface area (Å²) in [6, 6.07) is 4.31. The number of hydrogen-bond donors (Lipinski definition) is 0. The first-order chi connectivity index (χ1) is 11.4. The SMILES string of the molecule is CCOc1cc(/C=C/c2onc(C)c2[N+](=O)[O-])ccc1OC(F)F. The Morgan fingerprint density at radius 1 is 1.38 bits per heavy atom. The van der Waals surface area contributed by atoms with Gasteiger partial charge in [0.25, 0.3) is 0 Å². The minimum Gasteiger partial charge on any atom is -0.490 e. The zero-order chi connectivity index (χ0) is 17.7. The van der Waals surface area contributed by atoms with Gasteiger partial charge in [0.05, 0.1) is 11.5 Å². The van der Waals surface area contributed by atoms with Crippen LogP contribution in [-0.4, -0.2) is 23.3 Å². The van der Waals surface area contributed by atoms with Crippen molar-refractivity contribution in [2.45, 2.75) is 20.5 Å². The van der Waals surface area contributed by atoms with E-state index in [1.54, 1.807) is 6.92 Å². The zero-order valence-electron chi connectivity index (χ0n) is 12.9. The smallest absolute Gasteiger partial charge is 0.387 e. The number of alkyl halides is 2. The third kappa shape index (κ3) is 4.06. The van der Waals surface area contributed by atoms with Gasteiger partial charge in [-0.3, -0.25) is 10.1 Å². The molecule has 0 aliphatic rings. The van der Waals surface area contributed by atoms with Gasteiger partial charge in [0.1, 0.15) is 0 Å². The fourth-order valence-corrected chi connectivity index (χ4v) is 1.98. The van der Waals surface area contributed by atoms with Crippen LogP contribution in [-0.2, 0) is 0 Å². The lowest BCUT2D eigenvalue weighted by Gasteiger charge is -2.11. The van der Waals surface area contributed by atoms with Crippen LogP contribution in [0.5, 0.6) is 11.5 Å². The number of benzene rings is 1. The van der Waals surface area contributed by atoms with Crippen LogP contribution in [0.4, 0.5) is 14.5 Å². The number of rotatable bonds is 7. The van der Waals surface area contributed by atoms with Crippen LogP contribution in [0.2, 0.25) is 0 Å². The van der Waals surface area contributed by atoms with Crippen molar-refractivity contribution in [3.63, 3.8) is 0 Å². The topological polar surface area (TPSA) is 87.6 Å². The normalized spacial score (nSPS) is 11.2. The number of nitrogens with zero attached hydrogens (tertiary/aromatic N) is 2. The molecule has 128 valence electrons. The van der Waals surface area contributed by atoms with Gasteiger partial charge in [-0.1, -0.05) is 17.3 Å². The number of aromatic nitrogens is 1. The Labute approximate surface area is 135 Å². The molecule has 7 nitrogen and oxygen atoms in total. The lowest BCUT2D eigenvalue weighted by atomic mass is 10.1. The highest BCUT2D eigenvalue weighted by Crippen LogP contribution is 2.31. The molecule has 1 heterocycles. The highest BCUT2D eigenvalue weighted by atomic mass is 19.3. The molecule has 9 heteroatoms. The molecule has 1 aromatic carbocycles. The van der Waals surface area contributed by atoms with Crippen LogP contribution in [0.25, 0.3) is 12.2 Å². The number of halogens is 2. The van der Waals surface area contributed by atoms with Crippen LogP contribution in [0, 0.1) is 17.0 Å². The van der Waals surface area contributed by atoms with E-state index in [2.05, 4.69) is 9.89 Å². The lowest BCUT2D eigenvalue weighted by molar-refractivity contribution is -0.386. The molecule has 0 spiro atoms. The Kier molecular flexibility index (Phi) is 5.46. The molecular formula is C15H14F2N2O5. The summed E-state index contributed by atoms with van der Waals surface area (Å²) in [5.74, 6) is 0.0389. The van der Waals surface area contributed by atoms with E-state index < -0.39 is 11.5 Å². The molecule has 24 heavy (non-hydrogen) atoms.